The molecule has 0 N–H and O–H groups in total. The Kier molecular flexibility index (Phi) is 7.24. The van der Waals surface area contributed by atoms with Gasteiger partial charge in [0.25, 0.3) is 0 Å². The van der Waals surface area contributed by atoms with E-state index in [1.807, 2.05) is 40.8 Å². The maximum absolute atomic E-state index is 4.17. The molecule has 0 spiro atoms. The summed E-state index contributed by atoms with van der Waals surface area (Å²) in [5, 5.41) is 4.17. The standard InChI is InChI=1S/C8H9N3.2C2H6/c1-7-8-4-2-3-5-10-11(8)6-9-7;2*1-2/h2,4-6H,3H2,1H3;2*1-2H3. The first-order valence-electron chi connectivity index (χ1n) is 5.61. The van der Waals surface area contributed by atoms with Crippen molar-refractivity contribution in [3.05, 3.63) is 23.8 Å². The van der Waals surface area contributed by atoms with Crippen LogP contribution < -0.4 is 0 Å². The quantitative estimate of drug-likeness (QED) is 0.640. The van der Waals surface area contributed by atoms with Gasteiger partial charge in [0, 0.05) is 12.6 Å². The van der Waals surface area contributed by atoms with Crippen molar-refractivity contribution in [3.8, 4) is 0 Å². The predicted molar refractivity (Wildman–Crippen MR) is 67.2 cm³/mol. The van der Waals surface area contributed by atoms with Gasteiger partial charge in [-0.15, -0.1) is 0 Å². The molecule has 0 radical (unpaired) electrons. The van der Waals surface area contributed by atoms with Crippen molar-refractivity contribution in [2.45, 2.75) is 41.0 Å². The van der Waals surface area contributed by atoms with Crippen molar-refractivity contribution in [2.24, 2.45) is 5.10 Å². The van der Waals surface area contributed by atoms with Gasteiger partial charge in [0.05, 0.1) is 11.4 Å². The van der Waals surface area contributed by atoms with Crippen molar-refractivity contribution in [2.75, 3.05) is 0 Å². The van der Waals surface area contributed by atoms with Gasteiger partial charge in [-0.1, -0.05) is 33.8 Å². The van der Waals surface area contributed by atoms with Crippen LogP contribution in [0.25, 0.3) is 6.08 Å². The van der Waals surface area contributed by atoms with Gasteiger partial charge < -0.3 is 0 Å². The van der Waals surface area contributed by atoms with Crippen LogP contribution in [0.5, 0.6) is 0 Å². The van der Waals surface area contributed by atoms with Crippen LogP contribution in [0.4, 0.5) is 0 Å². The van der Waals surface area contributed by atoms with Gasteiger partial charge in [-0.2, -0.15) is 5.10 Å². The zero-order valence-electron chi connectivity index (χ0n) is 10.4. The topological polar surface area (TPSA) is 30.2 Å². The van der Waals surface area contributed by atoms with E-state index in [1.54, 1.807) is 11.0 Å². The Morgan fingerprint density at radius 3 is 2.53 bits per heavy atom. The number of hydrogen-bond acceptors (Lipinski definition) is 2. The molecule has 0 saturated carbocycles. The van der Waals surface area contributed by atoms with Crippen LogP contribution in [-0.2, 0) is 0 Å². The summed E-state index contributed by atoms with van der Waals surface area (Å²) < 4.78 is 1.79. The van der Waals surface area contributed by atoms with Crippen LogP contribution in [0.2, 0.25) is 0 Å². The number of aryl methyl sites for hydroxylation is 1. The van der Waals surface area contributed by atoms with Gasteiger partial charge in [-0.3, -0.25) is 0 Å². The lowest BCUT2D eigenvalue weighted by molar-refractivity contribution is 0.871. The first-order valence-corrected chi connectivity index (χ1v) is 5.61. The number of nitrogens with zero attached hydrogens (tertiary/aromatic N) is 3. The number of hydrogen-bond donors (Lipinski definition) is 0. The molecule has 3 nitrogen and oxygen atoms in total. The second-order valence-corrected chi connectivity index (χ2v) is 2.50. The summed E-state index contributed by atoms with van der Waals surface area (Å²) >= 11 is 0. The fourth-order valence-corrected chi connectivity index (χ4v) is 1.10. The fraction of sp³-hybridized carbons (Fsp3) is 0.500. The van der Waals surface area contributed by atoms with Gasteiger partial charge in [0.2, 0.25) is 0 Å². The third-order valence-electron chi connectivity index (χ3n) is 1.70. The molecule has 0 atom stereocenters. The van der Waals surface area contributed by atoms with E-state index in [2.05, 4.69) is 22.2 Å². The van der Waals surface area contributed by atoms with Gasteiger partial charge in [-0.25, -0.2) is 9.66 Å². The molecule has 3 heteroatoms. The van der Waals surface area contributed by atoms with Crippen LogP contribution in [0.1, 0.15) is 45.5 Å². The molecule has 0 fully saturated rings. The Hall–Kier alpha value is -1.38. The summed E-state index contributed by atoms with van der Waals surface area (Å²) in [7, 11) is 0. The minimum atomic E-state index is 0.904. The Morgan fingerprint density at radius 2 is 1.87 bits per heavy atom. The van der Waals surface area contributed by atoms with E-state index in [0.717, 1.165) is 17.8 Å². The number of allylic oxidation sites excluding steroid dienone is 1. The Morgan fingerprint density at radius 1 is 1.20 bits per heavy atom. The first-order chi connectivity index (χ1) is 7.38. The number of fused-ring (bicyclic) bond motifs is 1. The Labute approximate surface area is 92.5 Å². The molecule has 0 bridgehead atoms. The van der Waals surface area contributed by atoms with Crippen LogP contribution >= 0.6 is 0 Å². The Bertz CT molecular complexity index is 322. The highest BCUT2D eigenvalue weighted by molar-refractivity contribution is 5.64. The Balaban J connectivity index is 0.000000442. The summed E-state index contributed by atoms with van der Waals surface area (Å²) in [6, 6.07) is 0. The fourth-order valence-electron chi connectivity index (χ4n) is 1.10. The molecule has 0 unspecified atom stereocenters. The molecule has 1 aromatic rings. The molecular weight excluding hydrogens is 186 g/mol. The first kappa shape index (κ1) is 13.6. The normalized spacial score (nSPS) is 11.5. The average molecular weight is 207 g/mol. The van der Waals surface area contributed by atoms with Gasteiger partial charge in [-0.05, 0) is 13.0 Å². The minimum Gasteiger partial charge on any atom is -0.239 e. The highest BCUT2D eigenvalue weighted by atomic mass is 15.4. The van der Waals surface area contributed by atoms with Crippen LogP contribution in [0, 0.1) is 6.92 Å². The van der Waals surface area contributed by atoms with Crippen molar-refractivity contribution in [1.29, 1.82) is 0 Å². The third kappa shape index (κ3) is 3.70. The lowest BCUT2D eigenvalue weighted by Crippen LogP contribution is -1.88. The molecule has 1 aliphatic heterocycles. The highest BCUT2D eigenvalue weighted by Crippen LogP contribution is 2.10. The lowest BCUT2D eigenvalue weighted by atomic mass is 10.3. The molecule has 0 saturated heterocycles. The van der Waals surface area contributed by atoms with Crippen LogP contribution in [0.3, 0.4) is 0 Å². The van der Waals surface area contributed by atoms with E-state index in [4.69, 9.17) is 0 Å². The summed E-state index contributed by atoms with van der Waals surface area (Å²) in [5.41, 5.74) is 2.11. The smallest absolute Gasteiger partial charge is 0.118 e. The summed E-state index contributed by atoms with van der Waals surface area (Å²) in [4.78, 5) is 4.14. The molecule has 2 heterocycles. The number of imidazole rings is 1. The van der Waals surface area contributed by atoms with E-state index in [-0.39, 0.29) is 0 Å². The van der Waals surface area contributed by atoms with Crippen molar-refractivity contribution in [3.63, 3.8) is 0 Å². The zero-order chi connectivity index (χ0) is 11.7. The molecular formula is C12H21N3. The number of rotatable bonds is 0. The monoisotopic (exact) mass is 207 g/mol. The maximum atomic E-state index is 4.17. The summed E-state index contributed by atoms with van der Waals surface area (Å²) in [6.07, 6.45) is 8.64. The van der Waals surface area contributed by atoms with Crippen molar-refractivity contribution >= 4 is 12.3 Å². The van der Waals surface area contributed by atoms with Crippen LogP contribution in [0.15, 0.2) is 17.5 Å². The number of aromatic nitrogens is 2. The predicted octanol–water partition coefficient (Wildman–Crippen LogP) is 3.49. The molecule has 1 aliphatic rings. The SMILES string of the molecule is CC.CC.Cc1ncn2c1C=CCC=N2. The van der Waals surface area contributed by atoms with Gasteiger partial charge >= 0.3 is 0 Å². The van der Waals surface area contributed by atoms with E-state index >= 15 is 0 Å². The molecule has 15 heavy (non-hydrogen) atoms. The van der Waals surface area contributed by atoms with E-state index in [1.165, 1.54) is 0 Å². The molecule has 0 aromatic carbocycles. The molecule has 1 aromatic heterocycles. The van der Waals surface area contributed by atoms with E-state index < -0.39 is 0 Å². The highest BCUT2D eigenvalue weighted by Gasteiger charge is 2.02. The third-order valence-corrected chi connectivity index (χ3v) is 1.70. The molecule has 0 aliphatic carbocycles. The second kappa shape index (κ2) is 7.97. The summed E-state index contributed by atoms with van der Waals surface area (Å²) in [6.45, 7) is 9.98. The minimum absolute atomic E-state index is 0.904. The molecule has 84 valence electrons. The van der Waals surface area contributed by atoms with Gasteiger partial charge in [0.15, 0.2) is 0 Å². The van der Waals surface area contributed by atoms with Crippen LogP contribution in [-0.4, -0.2) is 15.9 Å². The zero-order valence-corrected chi connectivity index (χ0v) is 10.4. The summed E-state index contributed by atoms with van der Waals surface area (Å²) in [5.74, 6) is 0. The molecule has 2 rings (SSSR count). The largest absolute Gasteiger partial charge is 0.239 e. The average Bonchev–Trinajstić information content (AvgIpc) is 2.56. The lowest BCUT2D eigenvalue weighted by Gasteiger charge is -1.93. The van der Waals surface area contributed by atoms with Gasteiger partial charge in [0.1, 0.15) is 6.33 Å². The second-order valence-electron chi connectivity index (χ2n) is 2.50. The van der Waals surface area contributed by atoms with Crippen molar-refractivity contribution in [1.82, 2.24) is 9.66 Å². The van der Waals surface area contributed by atoms with E-state index in [0.29, 0.717) is 0 Å². The maximum Gasteiger partial charge on any atom is 0.118 e. The molecule has 0 amide bonds. The van der Waals surface area contributed by atoms with E-state index in [9.17, 15) is 0 Å². The van der Waals surface area contributed by atoms with Crippen molar-refractivity contribution < 1.29 is 0 Å².